The second kappa shape index (κ2) is 6.69. The molecule has 8 heteroatoms. The molecular weight excluding hydrogens is 369 g/mol. The Morgan fingerprint density at radius 2 is 2.04 bits per heavy atom. The molecule has 6 nitrogen and oxygen atoms in total. The molecule has 0 unspecified atom stereocenters. The summed E-state index contributed by atoms with van der Waals surface area (Å²) in [6, 6.07) is 11.1. The number of hydrogen-bond acceptors (Lipinski definition) is 4. The van der Waals surface area contributed by atoms with Gasteiger partial charge in [-0.05, 0) is 30.3 Å². The second-order valence-electron chi connectivity index (χ2n) is 5.81. The zero-order valence-electron chi connectivity index (χ0n) is 13.9. The first-order valence-corrected chi connectivity index (χ1v) is 8.35. The van der Waals surface area contributed by atoms with E-state index in [-0.39, 0.29) is 16.5 Å². The molecule has 0 saturated heterocycles. The molecule has 134 valence electrons. The quantitative estimate of drug-likeness (QED) is 0.561. The highest BCUT2D eigenvalue weighted by Gasteiger charge is 2.12. The van der Waals surface area contributed by atoms with Crippen LogP contribution < -0.4 is 11.1 Å². The van der Waals surface area contributed by atoms with Crippen molar-refractivity contribution >= 4 is 34.7 Å². The first-order valence-electron chi connectivity index (χ1n) is 7.97. The molecule has 0 fully saturated rings. The van der Waals surface area contributed by atoms with E-state index in [1.165, 1.54) is 12.1 Å². The van der Waals surface area contributed by atoms with Gasteiger partial charge in [0.1, 0.15) is 5.82 Å². The molecule has 2 aromatic heterocycles. The van der Waals surface area contributed by atoms with Gasteiger partial charge < -0.3 is 11.1 Å². The number of aromatic nitrogens is 3. The Morgan fingerprint density at radius 1 is 1.19 bits per heavy atom. The molecular formula is C19H13ClFN5O. The number of hydrogen-bond donors (Lipinski definition) is 2. The van der Waals surface area contributed by atoms with Gasteiger partial charge in [0.2, 0.25) is 0 Å². The summed E-state index contributed by atoms with van der Waals surface area (Å²) in [6.45, 7) is 0. The van der Waals surface area contributed by atoms with Crippen LogP contribution in [0.5, 0.6) is 0 Å². The molecule has 4 aromatic rings. The lowest BCUT2D eigenvalue weighted by molar-refractivity contribution is 0.102. The summed E-state index contributed by atoms with van der Waals surface area (Å²) in [7, 11) is 0. The van der Waals surface area contributed by atoms with Gasteiger partial charge in [0.25, 0.3) is 5.91 Å². The van der Waals surface area contributed by atoms with E-state index in [1.54, 1.807) is 24.7 Å². The van der Waals surface area contributed by atoms with Crippen LogP contribution in [-0.2, 0) is 0 Å². The van der Waals surface area contributed by atoms with E-state index >= 15 is 0 Å². The third-order valence-corrected chi connectivity index (χ3v) is 4.34. The van der Waals surface area contributed by atoms with Crippen LogP contribution in [0.25, 0.3) is 16.9 Å². The Kier molecular flexibility index (Phi) is 4.21. The minimum absolute atomic E-state index is 0.103. The summed E-state index contributed by atoms with van der Waals surface area (Å²) in [6.07, 6.45) is 5.05. The Labute approximate surface area is 158 Å². The fraction of sp³-hybridized carbons (Fsp3) is 0. The number of fused-ring (bicyclic) bond motifs is 1. The number of nitrogen functional groups attached to an aromatic ring is 1. The number of carbonyl (C=O) groups is 1. The maximum Gasteiger partial charge on any atom is 0.255 e. The lowest BCUT2D eigenvalue weighted by atomic mass is 10.1. The molecule has 3 N–H and O–H groups in total. The van der Waals surface area contributed by atoms with Crippen LogP contribution in [0.4, 0.5) is 15.9 Å². The van der Waals surface area contributed by atoms with Crippen LogP contribution in [-0.4, -0.2) is 20.3 Å². The van der Waals surface area contributed by atoms with Crippen LogP contribution in [0.3, 0.4) is 0 Å². The number of imidazole rings is 1. The number of nitrogens with one attached hydrogen (secondary N) is 1. The first kappa shape index (κ1) is 17.0. The van der Waals surface area contributed by atoms with Gasteiger partial charge >= 0.3 is 0 Å². The van der Waals surface area contributed by atoms with Crippen molar-refractivity contribution < 1.29 is 9.18 Å². The van der Waals surface area contributed by atoms with Crippen molar-refractivity contribution in [3.05, 3.63) is 77.5 Å². The van der Waals surface area contributed by atoms with Crippen LogP contribution in [0.1, 0.15) is 10.4 Å². The van der Waals surface area contributed by atoms with E-state index in [0.29, 0.717) is 17.2 Å². The third kappa shape index (κ3) is 3.20. The number of benzene rings is 2. The Hall–Kier alpha value is -3.45. The van der Waals surface area contributed by atoms with Gasteiger partial charge in [-0.3, -0.25) is 9.20 Å². The minimum Gasteiger partial charge on any atom is -0.381 e. The van der Waals surface area contributed by atoms with Crippen LogP contribution in [0.2, 0.25) is 5.02 Å². The van der Waals surface area contributed by atoms with Gasteiger partial charge in [0, 0.05) is 29.2 Å². The Balaban J connectivity index is 1.65. The van der Waals surface area contributed by atoms with Crippen molar-refractivity contribution in [2.45, 2.75) is 0 Å². The zero-order chi connectivity index (χ0) is 19.0. The molecule has 27 heavy (non-hydrogen) atoms. The molecule has 0 atom stereocenters. The summed E-state index contributed by atoms with van der Waals surface area (Å²) in [5.41, 5.74) is 8.88. The van der Waals surface area contributed by atoms with E-state index in [1.807, 2.05) is 22.6 Å². The predicted octanol–water partition coefficient (Wildman–Crippen LogP) is 4.02. The zero-order valence-corrected chi connectivity index (χ0v) is 14.6. The van der Waals surface area contributed by atoms with Gasteiger partial charge in [-0.2, -0.15) is 0 Å². The molecule has 4 rings (SSSR count). The standard InChI is InChI=1S/C19H13ClFN5O/c20-14-9-12(4-5-15(14)21)19(27)25-13-3-1-2-11(8-13)16-10-24-18-17(22)23-6-7-26(16)18/h1-10H,(H2,22,23)(H,25,27). The highest BCUT2D eigenvalue weighted by atomic mass is 35.5. The fourth-order valence-electron chi connectivity index (χ4n) is 2.75. The van der Waals surface area contributed by atoms with Crippen LogP contribution >= 0.6 is 11.6 Å². The molecule has 1 amide bonds. The number of nitrogens with two attached hydrogens (primary N) is 1. The van der Waals surface area contributed by atoms with Crippen LogP contribution in [0, 0.1) is 5.82 Å². The van der Waals surface area contributed by atoms with E-state index in [4.69, 9.17) is 17.3 Å². The fourth-order valence-corrected chi connectivity index (χ4v) is 2.93. The molecule has 2 aromatic carbocycles. The van der Waals surface area contributed by atoms with Gasteiger partial charge in [-0.15, -0.1) is 0 Å². The maximum atomic E-state index is 13.3. The van der Waals surface area contributed by atoms with Crippen molar-refractivity contribution in [1.29, 1.82) is 0 Å². The number of halogens is 2. The minimum atomic E-state index is -0.573. The summed E-state index contributed by atoms with van der Waals surface area (Å²) in [4.78, 5) is 20.7. The SMILES string of the molecule is Nc1nccn2c(-c3cccc(NC(=O)c4ccc(F)c(Cl)c4)c3)cnc12. The number of rotatable bonds is 3. The summed E-state index contributed by atoms with van der Waals surface area (Å²) in [5.74, 6) is -0.626. The van der Waals surface area contributed by atoms with E-state index in [9.17, 15) is 9.18 Å². The number of carbonyl (C=O) groups excluding carboxylic acids is 1. The van der Waals surface area contributed by atoms with Gasteiger partial charge in [0.15, 0.2) is 11.5 Å². The highest BCUT2D eigenvalue weighted by Crippen LogP contribution is 2.25. The summed E-state index contributed by atoms with van der Waals surface area (Å²) < 4.78 is 15.1. The van der Waals surface area contributed by atoms with E-state index < -0.39 is 5.82 Å². The Bertz CT molecular complexity index is 1170. The number of nitrogens with zero attached hydrogens (tertiary/aromatic N) is 3. The molecule has 0 aliphatic carbocycles. The highest BCUT2D eigenvalue weighted by molar-refractivity contribution is 6.31. The lowest BCUT2D eigenvalue weighted by Crippen LogP contribution is -2.12. The van der Waals surface area contributed by atoms with Crippen molar-refractivity contribution in [1.82, 2.24) is 14.4 Å². The van der Waals surface area contributed by atoms with Crippen molar-refractivity contribution in [3.8, 4) is 11.3 Å². The lowest BCUT2D eigenvalue weighted by Gasteiger charge is -2.08. The molecule has 0 radical (unpaired) electrons. The third-order valence-electron chi connectivity index (χ3n) is 4.05. The van der Waals surface area contributed by atoms with E-state index in [0.717, 1.165) is 17.3 Å². The smallest absolute Gasteiger partial charge is 0.255 e. The summed E-state index contributed by atoms with van der Waals surface area (Å²) >= 11 is 5.74. The number of amides is 1. The maximum absolute atomic E-state index is 13.3. The van der Waals surface area contributed by atoms with Gasteiger partial charge in [-0.25, -0.2) is 14.4 Å². The van der Waals surface area contributed by atoms with Gasteiger partial charge in [0.05, 0.1) is 16.9 Å². The largest absolute Gasteiger partial charge is 0.381 e. The number of anilines is 2. The van der Waals surface area contributed by atoms with Crippen molar-refractivity contribution in [2.75, 3.05) is 11.1 Å². The topological polar surface area (TPSA) is 85.3 Å². The predicted molar refractivity (Wildman–Crippen MR) is 102 cm³/mol. The molecule has 0 spiro atoms. The molecule has 0 bridgehead atoms. The average molecular weight is 382 g/mol. The van der Waals surface area contributed by atoms with Crippen LogP contribution in [0.15, 0.2) is 61.1 Å². The normalized spacial score (nSPS) is 10.9. The summed E-state index contributed by atoms with van der Waals surface area (Å²) in [5, 5.41) is 2.68. The second-order valence-corrected chi connectivity index (χ2v) is 6.22. The molecule has 0 saturated carbocycles. The van der Waals surface area contributed by atoms with Crippen molar-refractivity contribution in [2.24, 2.45) is 0 Å². The van der Waals surface area contributed by atoms with Crippen molar-refractivity contribution in [3.63, 3.8) is 0 Å². The average Bonchev–Trinajstić information content (AvgIpc) is 3.10. The first-order chi connectivity index (χ1) is 13.0. The van der Waals surface area contributed by atoms with E-state index in [2.05, 4.69) is 15.3 Å². The van der Waals surface area contributed by atoms with Gasteiger partial charge in [-0.1, -0.05) is 23.7 Å². The molecule has 0 aliphatic heterocycles. The Morgan fingerprint density at radius 3 is 2.85 bits per heavy atom. The monoisotopic (exact) mass is 381 g/mol. The molecule has 0 aliphatic rings. The molecule has 2 heterocycles.